The van der Waals surface area contributed by atoms with Crippen LogP contribution in [0.1, 0.15) is 0 Å². The van der Waals surface area contributed by atoms with E-state index in [1.807, 2.05) is 0 Å². The zero-order valence-corrected chi connectivity index (χ0v) is 8.49. The van der Waals surface area contributed by atoms with Crippen molar-refractivity contribution in [2.75, 3.05) is 0 Å². The molecule has 1 aromatic heterocycles. The standard InChI is InChI=1S/C9H6Cl2N2O/c10-7-2-1-5(3-8(7)11)6-4-12-13-9(6)14/h1-4H,(H2,12,13,14). The van der Waals surface area contributed by atoms with E-state index >= 15 is 0 Å². The fraction of sp³-hybridized carbons (Fsp3) is 0. The molecule has 0 atom stereocenters. The smallest absolute Gasteiger partial charge is 0.271 e. The molecule has 0 saturated heterocycles. The van der Waals surface area contributed by atoms with Crippen molar-refractivity contribution < 1.29 is 0 Å². The van der Waals surface area contributed by atoms with E-state index in [4.69, 9.17) is 23.2 Å². The summed E-state index contributed by atoms with van der Waals surface area (Å²) in [7, 11) is 0. The molecule has 0 bridgehead atoms. The van der Waals surface area contributed by atoms with E-state index in [9.17, 15) is 4.79 Å². The van der Waals surface area contributed by atoms with E-state index in [0.29, 0.717) is 15.6 Å². The van der Waals surface area contributed by atoms with Crippen LogP contribution in [-0.4, -0.2) is 10.2 Å². The topological polar surface area (TPSA) is 48.6 Å². The summed E-state index contributed by atoms with van der Waals surface area (Å²) in [4.78, 5) is 11.3. The van der Waals surface area contributed by atoms with Gasteiger partial charge in [0.05, 0.1) is 15.6 Å². The molecule has 1 aromatic carbocycles. The number of nitrogens with one attached hydrogen (secondary N) is 2. The highest BCUT2D eigenvalue weighted by atomic mass is 35.5. The number of benzene rings is 1. The van der Waals surface area contributed by atoms with Crippen LogP contribution < -0.4 is 5.56 Å². The first-order valence-electron chi connectivity index (χ1n) is 3.90. The van der Waals surface area contributed by atoms with Gasteiger partial charge in [-0.2, -0.15) is 0 Å². The number of hydrogen-bond donors (Lipinski definition) is 2. The second-order valence-electron chi connectivity index (χ2n) is 2.79. The highest BCUT2D eigenvalue weighted by Gasteiger charge is 2.05. The molecule has 2 rings (SSSR count). The van der Waals surface area contributed by atoms with Gasteiger partial charge in [-0.25, -0.2) is 0 Å². The normalized spacial score (nSPS) is 10.4. The molecular formula is C9H6Cl2N2O. The zero-order valence-electron chi connectivity index (χ0n) is 6.97. The molecular weight excluding hydrogens is 223 g/mol. The van der Waals surface area contributed by atoms with Gasteiger partial charge in [-0.1, -0.05) is 29.3 Å². The fourth-order valence-corrected chi connectivity index (χ4v) is 1.48. The lowest BCUT2D eigenvalue weighted by molar-refractivity contribution is 1.06. The van der Waals surface area contributed by atoms with Crippen molar-refractivity contribution in [3.8, 4) is 11.1 Å². The Balaban J connectivity index is 2.59. The summed E-state index contributed by atoms with van der Waals surface area (Å²) < 4.78 is 0. The predicted molar refractivity (Wildman–Crippen MR) is 56.9 cm³/mol. The first-order chi connectivity index (χ1) is 6.68. The fourth-order valence-electron chi connectivity index (χ4n) is 1.18. The van der Waals surface area contributed by atoms with Crippen LogP contribution in [0.4, 0.5) is 0 Å². The van der Waals surface area contributed by atoms with E-state index in [-0.39, 0.29) is 5.56 Å². The molecule has 0 amide bonds. The second-order valence-corrected chi connectivity index (χ2v) is 3.60. The van der Waals surface area contributed by atoms with Gasteiger partial charge in [0.15, 0.2) is 0 Å². The molecule has 5 heteroatoms. The Labute approximate surface area is 89.7 Å². The van der Waals surface area contributed by atoms with Gasteiger partial charge < -0.3 is 5.10 Å². The van der Waals surface area contributed by atoms with E-state index in [1.54, 1.807) is 24.4 Å². The Morgan fingerprint density at radius 2 is 1.93 bits per heavy atom. The predicted octanol–water partition coefficient (Wildman–Crippen LogP) is 2.68. The monoisotopic (exact) mass is 228 g/mol. The van der Waals surface area contributed by atoms with E-state index in [1.165, 1.54) is 0 Å². The maximum absolute atomic E-state index is 11.3. The average Bonchev–Trinajstić information content (AvgIpc) is 2.57. The number of hydrogen-bond acceptors (Lipinski definition) is 1. The lowest BCUT2D eigenvalue weighted by Crippen LogP contribution is -2.00. The van der Waals surface area contributed by atoms with Crippen LogP contribution in [0, 0.1) is 0 Å². The third-order valence-corrected chi connectivity index (χ3v) is 2.62. The summed E-state index contributed by atoms with van der Waals surface area (Å²) in [5.74, 6) is 0. The molecule has 0 aliphatic carbocycles. The Bertz CT molecular complexity index is 516. The highest BCUT2D eigenvalue weighted by Crippen LogP contribution is 2.26. The third kappa shape index (κ3) is 1.56. The van der Waals surface area contributed by atoms with Crippen molar-refractivity contribution in [2.45, 2.75) is 0 Å². The third-order valence-electron chi connectivity index (χ3n) is 1.88. The van der Waals surface area contributed by atoms with Crippen molar-refractivity contribution in [2.24, 2.45) is 0 Å². The maximum atomic E-state index is 11.3. The lowest BCUT2D eigenvalue weighted by atomic mass is 10.1. The minimum absolute atomic E-state index is 0.177. The number of halogens is 2. The zero-order chi connectivity index (χ0) is 10.1. The van der Waals surface area contributed by atoms with Crippen molar-refractivity contribution in [3.05, 3.63) is 44.8 Å². The van der Waals surface area contributed by atoms with E-state index < -0.39 is 0 Å². The summed E-state index contributed by atoms with van der Waals surface area (Å²) in [6.45, 7) is 0. The van der Waals surface area contributed by atoms with Gasteiger partial charge in [-0.3, -0.25) is 9.89 Å². The molecule has 0 saturated carbocycles. The summed E-state index contributed by atoms with van der Waals surface area (Å²) in [6.07, 6.45) is 1.59. The Hall–Kier alpha value is -1.19. The molecule has 2 aromatic rings. The van der Waals surface area contributed by atoms with Gasteiger partial charge in [-0.05, 0) is 17.7 Å². The number of H-pyrrole nitrogens is 2. The molecule has 0 aliphatic rings. The van der Waals surface area contributed by atoms with Crippen LogP contribution in [0.15, 0.2) is 29.2 Å². The molecule has 1 heterocycles. The van der Waals surface area contributed by atoms with Crippen LogP contribution in [0.25, 0.3) is 11.1 Å². The quantitative estimate of drug-likeness (QED) is 0.775. The molecule has 0 fully saturated rings. The molecule has 3 nitrogen and oxygen atoms in total. The SMILES string of the molecule is O=c1[nH][nH]cc1-c1ccc(Cl)c(Cl)c1. The average molecular weight is 229 g/mol. The van der Waals surface area contributed by atoms with Gasteiger partial charge in [0.1, 0.15) is 0 Å². The largest absolute Gasteiger partial charge is 0.305 e. The molecule has 14 heavy (non-hydrogen) atoms. The summed E-state index contributed by atoms with van der Waals surface area (Å²) in [5.41, 5.74) is 1.11. The highest BCUT2D eigenvalue weighted by molar-refractivity contribution is 6.42. The van der Waals surface area contributed by atoms with Crippen molar-refractivity contribution in [1.29, 1.82) is 0 Å². The summed E-state index contributed by atoms with van der Waals surface area (Å²) >= 11 is 11.6. The maximum Gasteiger partial charge on any atom is 0.271 e. The molecule has 0 aliphatic heterocycles. The first kappa shape index (κ1) is 9.37. The number of rotatable bonds is 1. The molecule has 0 radical (unpaired) electrons. The summed E-state index contributed by atoms with van der Waals surface area (Å²) in [5, 5.41) is 5.97. The van der Waals surface area contributed by atoms with Crippen molar-refractivity contribution in [1.82, 2.24) is 10.2 Å². The summed E-state index contributed by atoms with van der Waals surface area (Å²) in [6, 6.07) is 5.06. The molecule has 72 valence electrons. The Morgan fingerprint density at radius 3 is 2.50 bits per heavy atom. The van der Waals surface area contributed by atoms with Crippen LogP contribution >= 0.6 is 23.2 Å². The molecule has 2 N–H and O–H groups in total. The van der Waals surface area contributed by atoms with E-state index in [0.717, 1.165) is 5.56 Å². The second kappa shape index (κ2) is 3.52. The molecule has 0 unspecified atom stereocenters. The minimum atomic E-state index is -0.177. The van der Waals surface area contributed by atoms with Crippen LogP contribution in [0.2, 0.25) is 10.0 Å². The van der Waals surface area contributed by atoms with Gasteiger partial charge in [0, 0.05) is 6.20 Å². The first-order valence-corrected chi connectivity index (χ1v) is 4.65. The van der Waals surface area contributed by atoms with Gasteiger partial charge in [0.2, 0.25) is 0 Å². The van der Waals surface area contributed by atoms with Crippen molar-refractivity contribution >= 4 is 23.2 Å². The minimum Gasteiger partial charge on any atom is -0.305 e. The van der Waals surface area contributed by atoms with Gasteiger partial charge >= 0.3 is 0 Å². The van der Waals surface area contributed by atoms with Crippen molar-refractivity contribution in [3.63, 3.8) is 0 Å². The van der Waals surface area contributed by atoms with Crippen LogP contribution in [0.3, 0.4) is 0 Å². The Kier molecular flexibility index (Phi) is 2.35. The lowest BCUT2D eigenvalue weighted by Gasteiger charge is -1.98. The number of aromatic nitrogens is 2. The van der Waals surface area contributed by atoms with Crippen LogP contribution in [-0.2, 0) is 0 Å². The van der Waals surface area contributed by atoms with Gasteiger partial charge in [0.25, 0.3) is 5.56 Å². The number of aromatic amines is 2. The Morgan fingerprint density at radius 1 is 1.14 bits per heavy atom. The van der Waals surface area contributed by atoms with E-state index in [2.05, 4.69) is 10.2 Å². The molecule has 0 spiro atoms. The van der Waals surface area contributed by atoms with Gasteiger partial charge in [-0.15, -0.1) is 0 Å². The van der Waals surface area contributed by atoms with Crippen LogP contribution in [0.5, 0.6) is 0 Å².